The van der Waals surface area contributed by atoms with Crippen molar-refractivity contribution in [1.29, 1.82) is 0 Å². The van der Waals surface area contributed by atoms with Crippen molar-refractivity contribution in [2.24, 2.45) is 0 Å². The Morgan fingerprint density at radius 1 is 1.18 bits per heavy atom. The lowest BCUT2D eigenvalue weighted by Gasteiger charge is -2.28. The number of hydrogen-bond donors (Lipinski definition) is 3. The average molecular weight is 321 g/mol. The maximum Gasteiger partial charge on any atom is 0.269 e. The quantitative estimate of drug-likeness (QED) is 0.449. The van der Waals surface area contributed by atoms with E-state index in [-0.39, 0.29) is 23.2 Å². The van der Waals surface area contributed by atoms with Gasteiger partial charge >= 0.3 is 0 Å². The third kappa shape index (κ3) is 2.47. The number of nitro groups is 1. The second kappa shape index (κ2) is 5.47. The van der Waals surface area contributed by atoms with Crippen LogP contribution < -0.4 is 5.32 Å². The lowest BCUT2D eigenvalue weighted by molar-refractivity contribution is -0.384. The Labute approximate surface area is 131 Å². The van der Waals surface area contributed by atoms with E-state index >= 15 is 0 Å². The topological polar surface area (TPSA) is 95.6 Å². The molecule has 1 heterocycles. The molecule has 0 radical (unpaired) electrons. The number of fused-ring (bicyclic) bond motifs is 1. The number of nitrogens with zero attached hydrogens (tertiary/aromatic N) is 1. The van der Waals surface area contributed by atoms with Crippen LogP contribution in [-0.4, -0.2) is 21.7 Å². The van der Waals surface area contributed by atoms with Gasteiger partial charge in [0, 0.05) is 23.7 Å². The zero-order valence-electron chi connectivity index (χ0n) is 11.4. The Morgan fingerprint density at radius 3 is 2.64 bits per heavy atom. The van der Waals surface area contributed by atoms with Gasteiger partial charge in [0.25, 0.3) is 5.69 Å². The fourth-order valence-corrected chi connectivity index (χ4v) is 2.95. The number of hydrogen-bond acceptors (Lipinski definition) is 5. The van der Waals surface area contributed by atoms with E-state index in [1.807, 2.05) is 0 Å². The molecule has 0 aromatic heterocycles. The summed E-state index contributed by atoms with van der Waals surface area (Å²) in [6, 6.07) is 6.89. The van der Waals surface area contributed by atoms with Gasteiger partial charge in [-0.05, 0) is 41.3 Å². The van der Waals surface area contributed by atoms with Gasteiger partial charge in [0.15, 0.2) is 11.5 Å². The van der Waals surface area contributed by atoms with Gasteiger partial charge in [-0.15, -0.1) is 0 Å². The van der Waals surface area contributed by atoms with Crippen LogP contribution in [0.1, 0.15) is 22.7 Å². The maximum absolute atomic E-state index is 11.0. The maximum atomic E-state index is 11.0. The third-order valence-electron chi connectivity index (χ3n) is 3.79. The highest BCUT2D eigenvalue weighted by molar-refractivity contribution is 6.31. The highest BCUT2D eigenvalue weighted by atomic mass is 35.5. The molecule has 0 bridgehead atoms. The van der Waals surface area contributed by atoms with Crippen LogP contribution in [0.2, 0.25) is 5.02 Å². The Morgan fingerprint density at radius 2 is 1.91 bits per heavy atom. The van der Waals surface area contributed by atoms with Crippen LogP contribution in [0, 0.1) is 10.1 Å². The molecule has 2 aromatic carbocycles. The Balaban J connectivity index is 2.13. The molecule has 0 aliphatic carbocycles. The molecule has 7 heteroatoms. The summed E-state index contributed by atoms with van der Waals surface area (Å²) in [6.45, 7) is 0.640. The zero-order chi connectivity index (χ0) is 15.9. The molecular weight excluding hydrogens is 308 g/mol. The van der Waals surface area contributed by atoms with Crippen molar-refractivity contribution < 1.29 is 15.1 Å². The molecule has 1 atom stereocenters. The van der Waals surface area contributed by atoms with Crippen molar-refractivity contribution in [2.45, 2.75) is 12.5 Å². The third-order valence-corrected chi connectivity index (χ3v) is 4.14. The number of aromatic hydroxyl groups is 2. The van der Waals surface area contributed by atoms with Gasteiger partial charge in [-0.3, -0.25) is 10.1 Å². The van der Waals surface area contributed by atoms with E-state index in [2.05, 4.69) is 5.32 Å². The van der Waals surface area contributed by atoms with Crippen LogP contribution in [-0.2, 0) is 6.42 Å². The largest absolute Gasteiger partial charge is 0.504 e. The Kier molecular flexibility index (Phi) is 3.64. The van der Waals surface area contributed by atoms with E-state index in [1.165, 1.54) is 30.3 Å². The number of phenols is 2. The highest BCUT2D eigenvalue weighted by Gasteiger charge is 2.26. The minimum Gasteiger partial charge on any atom is -0.504 e. The van der Waals surface area contributed by atoms with Gasteiger partial charge < -0.3 is 15.5 Å². The predicted molar refractivity (Wildman–Crippen MR) is 81.4 cm³/mol. The molecule has 1 unspecified atom stereocenters. The molecule has 6 nitrogen and oxygen atoms in total. The van der Waals surface area contributed by atoms with Gasteiger partial charge in [-0.1, -0.05) is 11.6 Å². The normalized spacial score (nSPS) is 17.0. The summed E-state index contributed by atoms with van der Waals surface area (Å²) in [5, 5.41) is 34.0. The average Bonchev–Trinajstić information content (AvgIpc) is 2.48. The van der Waals surface area contributed by atoms with Crippen molar-refractivity contribution in [2.75, 3.05) is 6.54 Å². The SMILES string of the molecule is O=[N+]([O-])c1ccc(Cl)c(C2NCCc3cc(O)c(O)cc32)c1. The molecule has 1 aliphatic rings. The van der Waals surface area contributed by atoms with Crippen molar-refractivity contribution in [3.05, 3.63) is 62.2 Å². The van der Waals surface area contributed by atoms with E-state index < -0.39 is 4.92 Å². The molecule has 0 spiro atoms. The van der Waals surface area contributed by atoms with E-state index in [0.29, 0.717) is 23.6 Å². The molecule has 2 aromatic rings. The van der Waals surface area contributed by atoms with E-state index in [4.69, 9.17) is 11.6 Å². The van der Waals surface area contributed by atoms with Gasteiger partial charge in [0.05, 0.1) is 11.0 Å². The number of halogens is 1. The van der Waals surface area contributed by atoms with E-state index in [9.17, 15) is 20.3 Å². The fraction of sp³-hybridized carbons (Fsp3) is 0.200. The van der Waals surface area contributed by atoms with Crippen molar-refractivity contribution >= 4 is 17.3 Å². The number of non-ortho nitro benzene ring substituents is 1. The van der Waals surface area contributed by atoms with Crippen LogP contribution >= 0.6 is 11.6 Å². The minimum absolute atomic E-state index is 0.0451. The first-order valence-corrected chi connectivity index (χ1v) is 7.07. The van der Waals surface area contributed by atoms with Crippen LogP contribution in [0.5, 0.6) is 11.5 Å². The summed E-state index contributed by atoms with van der Waals surface area (Å²) in [7, 11) is 0. The lowest BCUT2D eigenvalue weighted by atomic mass is 9.89. The molecule has 114 valence electrons. The van der Waals surface area contributed by atoms with Crippen molar-refractivity contribution in [3.63, 3.8) is 0 Å². The number of benzene rings is 2. The second-order valence-electron chi connectivity index (χ2n) is 5.14. The van der Waals surface area contributed by atoms with Crippen LogP contribution in [0.3, 0.4) is 0 Å². The van der Waals surface area contributed by atoms with E-state index in [0.717, 1.165) is 11.1 Å². The molecule has 0 fully saturated rings. The molecule has 0 amide bonds. The molecule has 0 saturated heterocycles. The van der Waals surface area contributed by atoms with Crippen molar-refractivity contribution in [1.82, 2.24) is 5.32 Å². The summed E-state index contributed by atoms with van der Waals surface area (Å²) in [4.78, 5) is 10.5. The summed E-state index contributed by atoms with van der Waals surface area (Å²) in [5.74, 6) is -0.404. The number of nitrogens with one attached hydrogen (secondary N) is 1. The first kappa shape index (κ1) is 14.6. The molecule has 1 aliphatic heterocycles. The predicted octanol–water partition coefficient (Wildman–Crippen LogP) is 2.89. The second-order valence-corrected chi connectivity index (χ2v) is 5.55. The Bertz CT molecular complexity index is 763. The zero-order valence-corrected chi connectivity index (χ0v) is 12.2. The van der Waals surface area contributed by atoms with Crippen LogP contribution in [0.25, 0.3) is 0 Å². The minimum atomic E-state index is -0.474. The number of nitro benzene ring substituents is 1. The van der Waals surface area contributed by atoms with Crippen molar-refractivity contribution in [3.8, 4) is 11.5 Å². The first-order chi connectivity index (χ1) is 10.5. The summed E-state index contributed by atoms with van der Waals surface area (Å²) in [6.07, 6.45) is 0.687. The standard InChI is InChI=1S/C15H13ClN2O4/c16-12-2-1-9(18(21)22)6-11(12)15-10-7-14(20)13(19)5-8(10)3-4-17-15/h1-2,5-7,15,17,19-20H,3-4H2. The fourth-order valence-electron chi connectivity index (χ4n) is 2.73. The van der Waals surface area contributed by atoms with Gasteiger partial charge in [-0.25, -0.2) is 0 Å². The summed E-state index contributed by atoms with van der Waals surface area (Å²) < 4.78 is 0. The molecule has 0 saturated carbocycles. The van der Waals surface area contributed by atoms with Crippen LogP contribution in [0.4, 0.5) is 5.69 Å². The lowest BCUT2D eigenvalue weighted by Crippen LogP contribution is -2.30. The van der Waals surface area contributed by atoms with Crippen LogP contribution in [0.15, 0.2) is 30.3 Å². The van der Waals surface area contributed by atoms with Gasteiger partial charge in [0.2, 0.25) is 0 Å². The molecule has 3 N–H and O–H groups in total. The molecule has 22 heavy (non-hydrogen) atoms. The van der Waals surface area contributed by atoms with Gasteiger partial charge in [-0.2, -0.15) is 0 Å². The summed E-state index contributed by atoms with van der Waals surface area (Å²) >= 11 is 6.20. The number of rotatable bonds is 2. The van der Waals surface area contributed by atoms with Gasteiger partial charge in [0.1, 0.15) is 0 Å². The monoisotopic (exact) mass is 320 g/mol. The highest BCUT2D eigenvalue weighted by Crippen LogP contribution is 2.39. The molecule has 3 rings (SSSR count). The summed E-state index contributed by atoms with van der Waals surface area (Å²) in [5.41, 5.74) is 2.16. The molecular formula is C15H13ClN2O4. The Hall–Kier alpha value is -2.31. The first-order valence-electron chi connectivity index (χ1n) is 6.69. The number of phenolic OH excluding ortho intramolecular Hbond substituents is 2. The van der Waals surface area contributed by atoms with E-state index in [1.54, 1.807) is 0 Å². The smallest absolute Gasteiger partial charge is 0.269 e.